The molecular weight excluding hydrogens is 438 g/mol. The lowest BCUT2D eigenvalue weighted by Crippen LogP contribution is -2.60. The maximum absolute atomic E-state index is 12.9. The number of hydrogen-bond acceptors (Lipinski definition) is 9. The van der Waals surface area contributed by atoms with Crippen LogP contribution in [-0.4, -0.2) is 92.4 Å². The molecule has 0 aliphatic carbocycles. The first-order valence-corrected chi connectivity index (χ1v) is 10.5. The number of carbonyl (C=O) groups is 4. The Morgan fingerprint density at radius 2 is 1.76 bits per heavy atom. The van der Waals surface area contributed by atoms with Crippen LogP contribution in [0.25, 0.3) is 0 Å². The second-order valence-electron chi connectivity index (χ2n) is 7.54. The Balaban J connectivity index is 2.94. The van der Waals surface area contributed by atoms with Crippen LogP contribution in [0.15, 0.2) is 12.5 Å². The van der Waals surface area contributed by atoms with Crippen LogP contribution >= 0.6 is 0 Å². The first-order valence-electron chi connectivity index (χ1n) is 10.5. The van der Waals surface area contributed by atoms with Gasteiger partial charge in [0.05, 0.1) is 25.1 Å². The van der Waals surface area contributed by atoms with E-state index in [2.05, 4.69) is 20.6 Å². The lowest BCUT2D eigenvalue weighted by molar-refractivity contribution is -0.144. The molecule has 0 aliphatic heterocycles. The van der Waals surface area contributed by atoms with Crippen molar-refractivity contribution in [3.63, 3.8) is 0 Å². The first kappa shape index (κ1) is 28.0. The van der Waals surface area contributed by atoms with E-state index in [9.17, 15) is 24.3 Å². The Labute approximate surface area is 190 Å². The van der Waals surface area contributed by atoms with Crippen molar-refractivity contribution in [3.05, 3.63) is 18.2 Å². The zero-order valence-electron chi connectivity index (χ0n) is 18.4. The number of imidazole rings is 1. The molecule has 33 heavy (non-hydrogen) atoms. The Bertz CT molecular complexity index is 773. The van der Waals surface area contributed by atoms with Crippen LogP contribution in [0.2, 0.25) is 0 Å². The van der Waals surface area contributed by atoms with Gasteiger partial charge in [0.2, 0.25) is 17.7 Å². The van der Waals surface area contributed by atoms with E-state index in [1.165, 1.54) is 19.4 Å². The summed E-state index contributed by atoms with van der Waals surface area (Å²) in [5.74, 6) is -3.92. The number of carboxylic acid groups (broad SMARTS) is 1. The molecule has 0 saturated heterocycles. The van der Waals surface area contributed by atoms with Crippen molar-refractivity contribution >= 4 is 23.7 Å². The fourth-order valence-corrected chi connectivity index (χ4v) is 2.85. The number of rotatable bonds is 15. The van der Waals surface area contributed by atoms with Gasteiger partial charge in [-0.05, 0) is 26.3 Å². The van der Waals surface area contributed by atoms with Crippen LogP contribution in [0.3, 0.4) is 0 Å². The Morgan fingerprint density at radius 1 is 1.09 bits per heavy atom. The summed E-state index contributed by atoms with van der Waals surface area (Å²) in [6.07, 6.45) is 3.08. The minimum atomic E-state index is -1.62. The highest BCUT2D eigenvalue weighted by Crippen LogP contribution is 2.04. The number of nitrogens with zero attached hydrogens (tertiary/aromatic N) is 1. The summed E-state index contributed by atoms with van der Waals surface area (Å²) in [5.41, 5.74) is 11.8. The number of aliphatic hydroxyl groups excluding tert-OH is 2. The summed E-state index contributed by atoms with van der Waals surface area (Å²) < 4.78 is 0. The number of carboxylic acids is 1. The molecule has 0 bridgehead atoms. The molecule has 11 N–H and O–H groups in total. The highest BCUT2D eigenvalue weighted by molar-refractivity contribution is 5.94. The minimum absolute atomic E-state index is 0.0182. The number of amides is 3. The molecule has 1 heterocycles. The van der Waals surface area contributed by atoms with Gasteiger partial charge in [0.1, 0.15) is 18.1 Å². The molecule has 0 radical (unpaired) electrons. The predicted molar refractivity (Wildman–Crippen MR) is 115 cm³/mol. The second kappa shape index (κ2) is 14.2. The summed E-state index contributed by atoms with van der Waals surface area (Å²) in [6, 6.07) is -5.24. The van der Waals surface area contributed by atoms with Gasteiger partial charge in [0.25, 0.3) is 0 Å². The molecule has 186 valence electrons. The Hall–Kier alpha value is -3.07. The monoisotopic (exact) mass is 471 g/mol. The topological polar surface area (TPSA) is 246 Å². The van der Waals surface area contributed by atoms with Gasteiger partial charge in [-0.25, -0.2) is 9.78 Å². The second-order valence-corrected chi connectivity index (χ2v) is 7.54. The molecule has 0 fully saturated rings. The standard InChI is InChI=1S/C19H33N7O7/c1-10(28)15(18(31)25-14(8-27)19(32)33)26-17(30)13(6-11-7-22-9-23-11)24-16(29)12(21)4-2-3-5-20/h7,9-10,12-15,27-28H,2-6,8,20-21H2,1H3,(H,22,23)(H,24,29)(H,25,31)(H,26,30)(H,32,33). The third-order valence-electron chi connectivity index (χ3n) is 4.78. The normalized spacial score (nSPS) is 15.5. The van der Waals surface area contributed by atoms with Crippen molar-refractivity contribution in [1.29, 1.82) is 0 Å². The van der Waals surface area contributed by atoms with Gasteiger partial charge in [-0.2, -0.15) is 0 Å². The quantitative estimate of drug-likeness (QED) is 0.113. The zero-order valence-corrected chi connectivity index (χ0v) is 18.4. The molecule has 0 spiro atoms. The number of aliphatic hydroxyl groups is 2. The molecule has 3 amide bonds. The molecule has 5 unspecified atom stereocenters. The SMILES string of the molecule is CC(O)C(NC(=O)C(Cc1cnc[nH]1)NC(=O)C(N)CCCCN)C(=O)NC(CO)C(=O)O. The van der Waals surface area contributed by atoms with Gasteiger partial charge in [0, 0.05) is 18.3 Å². The third kappa shape index (κ3) is 9.53. The number of H-pyrrole nitrogens is 1. The Kier molecular flexibility index (Phi) is 12.0. The fourth-order valence-electron chi connectivity index (χ4n) is 2.85. The number of aliphatic carboxylic acids is 1. The van der Waals surface area contributed by atoms with E-state index in [0.717, 1.165) is 0 Å². The number of aromatic nitrogens is 2. The number of aromatic amines is 1. The van der Waals surface area contributed by atoms with Gasteiger partial charge >= 0.3 is 5.97 Å². The Morgan fingerprint density at radius 3 is 2.27 bits per heavy atom. The van der Waals surface area contributed by atoms with E-state index in [0.29, 0.717) is 31.5 Å². The molecule has 5 atom stereocenters. The van der Waals surface area contributed by atoms with Crippen molar-refractivity contribution in [3.8, 4) is 0 Å². The number of carbonyl (C=O) groups excluding carboxylic acids is 3. The lowest BCUT2D eigenvalue weighted by atomic mass is 10.1. The molecule has 14 nitrogen and oxygen atoms in total. The third-order valence-corrected chi connectivity index (χ3v) is 4.78. The van der Waals surface area contributed by atoms with Gasteiger partial charge < -0.3 is 47.7 Å². The van der Waals surface area contributed by atoms with Gasteiger partial charge in [-0.15, -0.1) is 0 Å². The van der Waals surface area contributed by atoms with Crippen LogP contribution in [-0.2, 0) is 25.6 Å². The number of nitrogens with two attached hydrogens (primary N) is 2. The highest BCUT2D eigenvalue weighted by Gasteiger charge is 2.32. The largest absolute Gasteiger partial charge is 0.480 e. The van der Waals surface area contributed by atoms with E-state index in [4.69, 9.17) is 21.7 Å². The maximum atomic E-state index is 12.9. The van der Waals surface area contributed by atoms with Crippen molar-refractivity contribution in [2.24, 2.45) is 11.5 Å². The summed E-state index contributed by atoms with van der Waals surface area (Å²) >= 11 is 0. The van der Waals surface area contributed by atoms with Crippen molar-refractivity contribution in [2.75, 3.05) is 13.2 Å². The molecule has 0 saturated carbocycles. The maximum Gasteiger partial charge on any atom is 0.328 e. The van der Waals surface area contributed by atoms with Gasteiger partial charge in [0.15, 0.2) is 0 Å². The van der Waals surface area contributed by atoms with Gasteiger partial charge in [-0.3, -0.25) is 14.4 Å². The zero-order chi connectivity index (χ0) is 25.0. The smallest absolute Gasteiger partial charge is 0.328 e. The molecule has 1 rings (SSSR count). The molecule has 0 aliphatic rings. The van der Waals surface area contributed by atoms with E-state index in [1.807, 2.05) is 5.32 Å². The molecule has 14 heteroatoms. The number of nitrogens with one attached hydrogen (secondary N) is 4. The van der Waals surface area contributed by atoms with Crippen LogP contribution in [0.1, 0.15) is 31.9 Å². The van der Waals surface area contributed by atoms with E-state index in [1.54, 1.807) is 0 Å². The molecule has 0 aromatic carbocycles. The molecule has 1 aromatic heterocycles. The summed E-state index contributed by atoms with van der Waals surface area (Å²) in [5, 5.41) is 34.9. The van der Waals surface area contributed by atoms with Crippen LogP contribution in [0, 0.1) is 0 Å². The van der Waals surface area contributed by atoms with E-state index in [-0.39, 0.29) is 6.42 Å². The van der Waals surface area contributed by atoms with Crippen LogP contribution < -0.4 is 27.4 Å². The highest BCUT2D eigenvalue weighted by atomic mass is 16.4. The van der Waals surface area contributed by atoms with Crippen molar-refractivity contribution < 1.29 is 34.5 Å². The van der Waals surface area contributed by atoms with Crippen LogP contribution in [0.4, 0.5) is 0 Å². The van der Waals surface area contributed by atoms with E-state index >= 15 is 0 Å². The van der Waals surface area contributed by atoms with Crippen LogP contribution in [0.5, 0.6) is 0 Å². The molecular formula is C19H33N7O7. The van der Waals surface area contributed by atoms with Crippen molar-refractivity contribution in [2.45, 2.75) is 62.9 Å². The number of hydrogen-bond donors (Lipinski definition) is 9. The summed E-state index contributed by atoms with van der Waals surface area (Å²) in [4.78, 5) is 55.5. The molecule has 1 aromatic rings. The number of unbranched alkanes of at least 4 members (excludes halogenated alkanes) is 1. The average Bonchev–Trinajstić information content (AvgIpc) is 3.27. The predicted octanol–water partition coefficient (Wildman–Crippen LogP) is -3.68. The summed E-state index contributed by atoms with van der Waals surface area (Å²) in [7, 11) is 0. The summed E-state index contributed by atoms with van der Waals surface area (Å²) in [6.45, 7) is 0.790. The first-order chi connectivity index (χ1) is 15.6. The fraction of sp³-hybridized carbons (Fsp3) is 0.632. The minimum Gasteiger partial charge on any atom is -0.480 e. The van der Waals surface area contributed by atoms with E-state index < -0.39 is 60.6 Å². The lowest BCUT2D eigenvalue weighted by Gasteiger charge is -2.26. The van der Waals surface area contributed by atoms with Gasteiger partial charge in [-0.1, -0.05) is 6.42 Å². The average molecular weight is 472 g/mol. The van der Waals surface area contributed by atoms with Crippen molar-refractivity contribution in [1.82, 2.24) is 25.9 Å².